The largest absolute Gasteiger partial charge is 0.488 e. The van der Waals surface area contributed by atoms with Crippen LogP contribution in [-0.4, -0.2) is 76.3 Å². The van der Waals surface area contributed by atoms with Gasteiger partial charge in [-0.2, -0.15) is 0 Å². The highest BCUT2D eigenvalue weighted by molar-refractivity contribution is 7.82. The number of nitrogens with zero attached hydrogens (tertiary/aromatic N) is 3. The molecule has 3 atom stereocenters. The van der Waals surface area contributed by atoms with E-state index in [2.05, 4.69) is 24.7 Å². The zero-order valence-electron chi connectivity index (χ0n) is 19.6. The predicted octanol–water partition coefficient (Wildman–Crippen LogP) is 2.06. The van der Waals surface area contributed by atoms with Crippen molar-refractivity contribution in [1.29, 1.82) is 0 Å². The molecule has 12 heteroatoms. The smallest absolute Gasteiger partial charge is 0.237 e. The van der Waals surface area contributed by atoms with E-state index in [0.717, 1.165) is 11.3 Å². The number of aromatic amines is 1. The Labute approximate surface area is 205 Å². The Balaban J connectivity index is 1.60. The summed E-state index contributed by atoms with van der Waals surface area (Å²) in [5.41, 5.74) is 2.29. The molecule has 0 bridgehead atoms. The summed E-state index contributed by atoms with van der Waals surface area (Å²) < 4.78 is 37.2. The SMILES string of the molecule is CNS(=O)c1cnc(Oc2cc(O[C@@H](C)COC)cc(-c3ccc(C4=NC[C@H](CO)O4)[nH]3)c2)cn1. The Morgan fingerprint density at radius 1 is 1.23 bits per heavy atom. The van der Waals surface area contributed by atoms with Crippen LogP contribution >= 0.6 is 0 Å². The molecule has 1 aliphatic rings. The van der Waals surface area contributed by atoms with Crippen LogP contribution in [0.2, 0.25) is 0 Å². The average molecular weight is 502 g/mol. The van der Waals surface area contributed by atoms with E-state index < -0.39 is 11.0 Å². The first kappa shape index (κ1) is 24.8. The van der Waals surface area contributed by atoms with E-state index in [4.69, 9.17) is 18.9 Å². The van der Waals surface area contributed by atoms with Gasteiger partial charge in [-0.15, -0.1) is 0 Å². The fourth-order valence-corrected chi connectivity index (χ4v) is 3.89. The third kappa shape index (κ3) is 6.22. The fraction of sp³-hybridized carbons (Fsp3) is 0.348. The fourth-order valence-electron chi connectivity index (χ4n) is 3.38. The van der Waals surface area contributed by atoms with Gasteiger partial charge in [0.2, 0.25) is 11.8 Å². The lowest BCUT2D eigenvalue weighted by molar-refractivity contribution is 0.0920. The monoisotopic (exact) mass is 501 g/mol. The average Bonchev–Trinajstić information content (AvgIpc) is 3.54. The van der Waals surface area contributed by atoms with E-state index in [9.17, 15) is 9.32 Å². The van der Waals surface area contributed by atoms with Crippen molar-refractivity contribution in [1.82, 2.24) is 19.7 Å². The number of aliphatic hydroxyl groups excluding tert-OH is 1. The second-order valence-electron chi connectivity index (χ2n) is 7.70. The topological polar surface area (TPSA) is 140 Å². The first-order valence-electron chi connectivity index (χ1n) is 10.9. The van der Waals surface area contributed by atoms with Gasteiger partial charge in [0, 0.05) is 24.4 Å². The highest BCUT2D eigenvalue weighted by Gasteiger charge is 2.21. The molecule has 4 rings (SSSR count). The van der Waals surface area contributed by atoms with Crippen LogP contribution in [0.5, 0.6) is 17.4 Å². The Morgan fingerprint density at radius 3 is 2.71 bits per heavy atom. The molecule has 0 aliphatic carbocycles. The summed E-state index contributed by atoms with van der Waals surface area (Å²) in [7, 11) is 1.75. The summed E-state index contributed by atoms with van der Waals surface area (Å²) in [6.45, 7) is 2.66. The van der Waals surface area contributed by atoms with Gasteiger partial charge >= 0.3 is 0 Å². The molecule has 11 nitrogen and oxygen atoms in total. The Kier molecular flexibility index (Phi) is 8.08. The number of hydrogen-bond donors (Lipinski definition) is 3. The number of ether oxygens (including phenoxy) is 4. The zero-order chi connectivity index (χ0) is 24.8. The maximum Gasteiger partial charge on any atom is 0.237 e. The molecule has 2 aromatic heterocycles. The molecule has 0 spiro atoms. The second kappa shape index (κ2) is 11.4. The van der Waals surface area contributed by atoms with Gasteiger partial charge in [0.25, 0.3) is 0 Å². The molecule has 1 aliphatic heterocycles. The molecular weight excluding hydrogens is 474 g/mol. The number of aliphatic hydroxyl groups is 1. The van der Waals surface area contributed by atoms with Crippen molar-refractivity contribution in [2.45, 2.75) is 24.2 Å². The number of rotatable bonds is 11. The lowest BCUT2D eigenvalue weighted by Gasteiger charge is -2.16. The van der Waals surface area contributed by atoms with Gasteiger partial charge < -0.3 is 29.0 Å². The normalized spacial score (nSPS) is 16.9. The Hall–Kier alpha value is -3.32. The first-order chi connectivity index (χ1) is 17.0. The van der Waals surface area contributed by atoms with Crippen molar-refractivity contribution in [2.75, 3.05) is 33.9 Å². The summed E-state index contributed by atoms with van der Waals surface area (Å²) in [6.07, 6.45) is 2.29. The summed E-state index contributed by atoms with van der Waals surface area (Å²) in [5.74, 6) is 1.76. The van der Waals surface area contributed by atoms with Gasteiger partial charge in [-0.1, -0.05) is 0 Å². The third-order valence-corrected chi connectivity index (χ3v) is 5.93. The van der Waals surface area contributed by atoms with E-state index in [-0.39, 0.29) is 24.7 Å². The molecule has 1 unspecified atom stereocenters. The summed E-state index contributed by atoms with van der Waals surface area (Å²) in [5, 5.41) is 9.58. The minimum atomic E-state index is -1.44. The summed E-state index contributed by atoms with van der Waals surface area (Å²) in [6, 6.07) is 9.22. The van der Waals surface area contributed by atoms with Crippen LogP contribution in [-0.2, 0) is 20.5 Å². The van der Waals surface area contributed by atoms with E-state index in [1.165, 1.54) is 12.4 Å². The number of methoxy groups -OCH3 is 1. The number of H-pyrrole nitrogens is 1. The Morgan fingerprint density at radius 2 is 2.03 bits per heavy atom. The van der Waals surface area contributed by atoms with Crippen LogP contribution in [0.1, 0.15) is 12.6 Å². The van der Waals surface area contributed by atoms with Crippen molar-refractivity contribution in [2.24, 2.45) is 4.99 Å². The predicted molar refractivity (Wildman–Crippen MR) is 129 cm³/mol. The second-order valence-corrected chi connectivity index (χ2v) is 9.06. The Bertz CT molecular complexity index is 1200. The minimum Gasteiger partial charge on any atom is -0.488 e. The lowest BCUT2D eigenvalue weighted by Crippen LogP contribution is -2.18. The van der Waals surface area contributed by atoms with Crippen molar-refractivity contribution < 1.29 is 28.3 Å². The van der Waals surface area contributed by atoms with Crippen molar-refractivity contribution in [3.05, 3.63) is 48.4 Å². The minimum absolute atomic E-state index is 0.0882. The van der Waals surface area contributed by atoms with Crippen molar-refractivity contribution in [3.63, 3.8) is 0 Å². The molecule has 186 valence electrons. The van der Waals surface area contributed by atoms with Crippen LogP contribution in [0.15, 0.2) is 52.7 Å². The highest BCUT2D eigenvalue weighted by Crippen LogP contribution is 2.32. The molecule has 0 saturated carbocycles. The van der Waals surface area contributed by atoms with E-state index in [1.54, 1.807) is 20.2 Å². The standard InChI is InChI=1S/C23H27N5O6S/c1-14(13-31-3)32-16-6-15(19-4-5-20(28-19)23-27-9-18(12-29)34-23)7-17(8-16)33-21-10-26-22(11-25-21)35(30)24-2/h4-8,10-11,14,18,24,28-29H,9,12-13H2,1-3H3/t14-,18+,35?/m0/s1. The number of aliphatic imine (C=N–C) groups is 1. The van der Waals surface area contributed by atoms with E-state index >= 15 is 0 Å². The third-order valence-electron chi connectivity index (χ3n) is 4.97. The maximum absolute atomic E-state index is 11.8. The molecule has 0 amide bonds. The van der Waals surface area contributed by atoms with E-state index in [0.29, 0.717) is 41.3 Å². The van der Waals surface area contributed by atoms with Gasteiger partial charge in [0.15, 0.2) is 5.03 Å². The maximum atomic E-state index is 11.8. The van der Waals surface area contributed by atoms with Gasteiger partial charge in [-0.25, -0.2) is 23.9 Å². The molecule has 3 aromatic rings. The van der Waals surface area contributed by atoms with Crippen LogP contribution in [0.4, 0.5) is 0 Å². The molecular formula is C23H27N5O6S. The molecule has 3 heterocycles. The van der Waals surface area contributed by atoms with Crippen LogP contribution in [0.25, 0.3) is 11.3 Å². The number of aromatic nitrogens is 3. The van der Waals surface area contributed by atoms with Crippen LogP contribution in [0.3, 0.4) is 0 Å². The van der Waals surface area contributed by atoms with E-state index in [1.807, 2.05) is 31.2 Å². The number of hydrogen-bond acceptors (Lipinski definition) is 9. The zero-order valence-corrected chi connectivity index (χ0v) is 20.4. The molecule has 0 radical (unpaired) electrons. The number of nitrogens with one attached hydrogen (secondary N) is 2. The van der Waals surface area contributed by atoms with Gasteiger partial charge in [-0.05, 0) is 38.2 Å². The van der Waals surface area contributed by atoms with Gasteiger partial charge in [0.1, 0.15) is 40.4 Å². The summed E-state index contributed by atoms with van der Waals surface area (Å²) >= 11 is 0. The highest BCUT2D eigenvalue weighted by atomic mass is 32.2. The molecule has 0 saturated heterocycles. The molecule has 1 aromatic carbocycles. The van der Waals surface area contributed by atoms with Gasteiger partial charge in [0.05, 0.1) is 32.2 Å². The van der Waals surface area contributed by atoms with Crippen molar-refractivity contribution in [3.8, 4) is 28.6 Å². The van der Waals surface area contributed by atoms with Crippen molar-refractivity contribution >= 4 is 16.9 Å². The molecule has 3 N–H and O–H groups in total. The molecule has 35 heavy (non-hydrogen) atoms. The molecule has 0 fully saturated rings. The van der Waals surface area contributed by atoms with Crippen LogP contribution in [0, 0.1) is 0 Å². The lowest BCUT2D eigenvalue weighted by atomic mass is 10.1. The quantitative estimate of drug-likeness (QED) is 0.363. The van der Waals surface area contributed by atoms with Gasteiger partial charge in [-0.3, -0.25) is 0 Å². The number of benzene rings is 1. The summed E-state index contributed by atoms with van der Waals surface area (Å²) in [4.78, 5) is 16.0. The van der Waals surface area contributed by atoms with Crippen LogP contribution < -0.4 is 14.2 Å². The first-order valence-corrected chi connectivity index (χ1v) is 12.1.